The zero-order valence-electron chi connectivity index (χ0n) is 26.3. The van der Waals surface area contributed by atoms with Crippen molar-refractivity contribution >= 4 is 11.9 Å². The lowest BCUT2D eigenvalue weighted by atomic mass is 9.59. The van der Waals surface area contributed by atoms with Gasteiger partial charge in [0, 0.05) is 32.3 Å². The van der Waals surface area contributed by atoms with Gasteiger partial charge < -0.3 is 25.2 Å². The van der Waals surface area contributed by atoms with Crippen molar-refractivity contribution in [2.45, 2.75) is 153 Å². The van der Waals surface area contributed by atoms with E-state index in [2.05, 4.69) is 16.0 Å². The van der Waals surface area contributed by atoms with Gasteiger partial charge in [0.1, 0.15) is 6.04 Å². The number of aliphatic carboxylic acids is 1. The highest BCUT2D eigenvalue weighted by Crippen LogP contribution is 2.51. The van der Waals surface area contributed by atoms with Gasteiger partial charge in [0.15, 0.2) is 0 Å². The standard InChI is InChI=1S/C34H59N3O5/c1-33(16-20-41-21-17-33)32(40)37-29(31(38)39)13-19-42-27-22-25(23-27)11-12-26-24-34(28-10-9-18-35-30(28)36-26)14-7-5-3-2-4-6-8-15-34/h25-30,35-36H,2-24H2,1H3,(H,37,40)(H,38,39). The quantitative estimate of drug-likeness (QED) is 0.265. The van der Waals surface area contributed by atoms with Crippen molar-refractivity contribution < 1.29 is 24.2 Å². The monoisotopic (exact) mass is 589 g/mol. The minimum absolute atomic E-state index is 0.180. The summed E-state index contributed by atoms with van der Waals surface area (Å²) in [5, 5.41) is 20.4. The first-order valence-electron chi connectivity index (χ1n) is 17.6. The summed E-state index contributed by atoms with van der Waals surface area (Å²) in [6.45, 7) is 4.52. The molecule has 5 aliphatic rings. The summed E-state index contributed by atoms with van der Waals surface area (Å²) < 4.78 is 11.5. The lowest BCUT2D eigenvalue weighted by Gasteiger charge is -2.54. The predicted molar refractivity (Wildman–Crippen MR) is 164 cm³/mol. The van der Waals surface area contributed by atoms with E-state index < -0.39 is 17.4 Å². The molecule has 0 bridgehead atoms. The van der Waals surface area contributed by atoms with Gasteiger partial charge >= 0.3 is 5.97 Å². The molecule has 2 aliphatic carbocycles. The summed E-state index contributed by atoms with van der Waals surface area (Å²) in [6.07, 6.45) is 23.8. The van der Waals surface area contributed by atoms with Gasteiger partial charge in [0.2, 0.25) is 5.91 Å². The number of hydrogen-bond donors (Lipinski definition) is 4. The van der Waals surface area contributed by atoms with Crippen LogP contribution in [0.4, 0.5) is 0 Å². The summed E-state index contributed by atoms with van der Waals surface area (Å²) in [5.41, 5.74) is -0.0299. The Morgan fingerprint density at radius 1 is 0.976 bits per heavy atom. The van der Waals surface area contributed by atoms with Gasteiger partial charge in [-0.15, -0.1) is 0 Å². The van der Waals surface area contributed by atoms with E-state index in [1.54, 1.807) is 0 Å². The molecule has 4 unspecified atom stereocenters. The smallest absolute Gasteiger partial charge is 0.326 e. The molecule has 0 aromatic carbocycles. The fourth-order valence-electron chi connectivity index (χ4n) is 8.88. The van der Waals surface area contributed by atoms with Crippen LogP contribution in [0.3, 0.4) is 0 Å². The minimum Gasteiger partial charge on any atom is -0.480 e. The Hall–Kier alpha value is -1.22. The lowest BCUT2D eigenvalue weighted by molar-refractivity contribution is -0.146. The predicted octanol–water partition coefficient (Wildman–Crippen LogP) is 5.54. The number of carbonyl (C=O) groups excluding carboxylic acids is 1. The molecule has 240 valence electrons. The second-order valence-corrected chi connectivity index (χ2v) is 14.8. The van der Waals surface area contributed by atoms with Gasteiger partial charge in [-0.2, -0.15) is 0 Å². The number of rotatable bonds is 10. The summed E-state index contributed by atoms with van der Waals surface area (Å²) in [5.74, 6) is 0.330. The molecule has 4 N–H and O–H groups in total. The number of piperidine rings is 2. The van der Waals surface area contributed by atoms with Crippen LogP contribution in [-0.2, 0) is 19.1 Å². The third kappa shape index (κ3) is 8.28. The van der Waals surface area contributed by atoms with Crippen molar-refractivity contribution in [1.29, 1.82) is 0 Å². The molecule has 2 saturated carbocycles. The molecule has 3 aliphatic heterocycles. The first-order valence-corrected chi connectivity index (χ1v) is 17.6. The largest absolute Gasteiger partial charge is 0.480 e. The van der Waals surface area contributed by atoms with E-state index in [4.69, 9.17) is 9.47 Å². The van der Waals surface area contributed by atoms with Crippen LogP contribution in [0.5, 0.6) is 0 Å². The molecule has 0 radical (unpaired) electrons. The van der Waals surface area contributed by atoms with Gasteiger partial charge in [-0.25, -0.2) is 4.79 Å². The van der Waals surface area contributed by atoms with Crippen molar-refractivity contribution in [3.63, 3.8) is 0 Å². The summed E-state index contributed by atoms with van der Waals surface area (Å²) >= 11 is 0. The molecule has 1 spiro atoms. The topological polar surface area (TPSA) is 109 Å². The molecule has 3 heterocycles. The highest BCUT2D eigenvalue weighted by molar-refractivity contribution is 5.87. The number of amides is 1. The third-order valence-corrected chi connectivity index (χ3v) is 11.8. The molecule has 5 rings (SSSR count). The van der Waals surface area contributed by atoms with Crippen molar-refractivity contribution in [3.8, 4) is 0 Å². The van der Waals surface area contributed by atoms with Gasteiger partial charge in [0.25, 0.3) is 0 Å². The Balaban J connectivity index is 1.04. The molecule has 3 saturated heterocycles. The van der Waals surface area contributed by atoms with Crippen LogP contribution in [0, 0.1) is 22.7 Å². The number of carboxylic acid groups (broad SMARTS) is 1. The summed E-state index contributed by atoms with van der Waals surface area (Å²) in [7, 11) is 0. The first-order chi connectivity index (χ1) is 20.4. The molecule has 1 amide bonds. The Bertz CT molecular complexity index is 861. The molecule has 42 heavy (non-hydrogen) atoms. The number of hydrogen-bond acceptors (Lipinski definition) is 6. The highest BCUT2D eigenvalue weighted by Gasteiger charge is 2.48. The van der Waals surface area contributed by atoms with Crippen molar-refractivity contribution in [2.75, 3.05) is 26.4 Å². The molecule has 0 aromatic rings. The van der Waals surface area contributed by atoms with E-state index in [0.29, 0.717) is 62.6 Å². The molecule has 8 heteroatoms. The van der Waals surface area contributed by atoms with Crippen LogP contribution in [0.1, 0.15) is 129 Å². The maximum absolute atomic E-state index is 12.8. The van der Waals surface area contributed by atoms with Crippen LogP contribution in [0.15, 0.2) is 0 Å². The zero-order chi connectivity index (χ0) is 29.4. The van der Waals surface area contributed by atoms with Crippen LogP contribution >= 0.6 is 0 Å². The van der Waals surface area contributed by atoms with E-state index in [9.17, 15) is 14.7 Å². The Labute approximate surface area is 254 Å². The lowest BCUT2D eigenvalue weighted by Crippen LogP contribution is -2.64. The summed E-state index contributed by atoms with van der Waals surface area (Å²) in [4.78, 5) is 24.6. The molecular formula is C34H59N3O5. The minimum atomic E-state index is -0.989. The molecule has 4 atom stereocenters. The second-order valence-electron chi connectivity index (χ2n) is 14.8. The maximum atomic E-state index is 12.8. The number of carbonyl (C=O) groups is 2. The maximum Gasteiger partial charge on any atom is 0.326 e. The Morgan fingerprint density at radius 3 is 2.36 bits per heavy atom. The van der Waals surface area contributed by atoms with Gasteiger partial charge in [0.05, 0.1) is 17.7 Å². The average molecular weight is 590 g/mol. The fourth-order valence-corrected chi connectivity index (χ4v) is 8.88. The molecule has 8 nitrogen and oxygen atoms in total. The normalized spacial score (nSPS) is 34.0. The van der Waals surface area contributed by atoms with E-state index in [0.717, 1.165) is 25.3 Å². The summed E-state index contributed by atoms with van der Waals surface area (Å²) in [6, 6.07) is -0.297. The molecular weight excluding hydrogens is 530 g/mol. The first kappa shape index (κ1) is 32.2. The van der Waals surface area contributed by atoms with E-state index in [1.165, 1.54) is 89.9 Å². The van der Waals surface area contributed by atoms with Crippen LogP contribution in [0.2, 0.25) is 0 Å². The number of carboxylic acids is 1. The number of ether oxygens (including phenoxy) is 2. The van der Waals surface area contributed by atoms with Crippen LogP contribution in [0.25, 0.3) is 0 Å². The van der Waals surface area contributed by atoms with Gasteiger partial charge in [-0.3, -0.25) is 10.1 Å². The second kappa shape index (κ2) is 15.2. The van der Waals surface area contributed by atoms with Crippen molar-refractivity contribution in [1.82, 2.24) is 16.0 Å². The van der Waals surface area contributed by atoms with E-state index in [-0.39, 0.29) is 12.0 Å². The third-order valence-electron chi connectivity index (χ3n) is 11.8. The van der Waals surface area contributed by atoms with Gasteiger partial charge in [-0.1, -0.05) is 51.9 Å². The van der Waals surface area contributed by atoms with E-state index in [1.807, 2.05) is 6.92 Å². The van der Waals surface area contributed by atoms with E-state index >= 15 is 0 Å². The Morgan fingerprint density at radius 2 is 1.67 bits per heavy atom. The molecule has 5 fully saturated rings. The number of fused-ring (bicyclic) bond motifs is 2. The fraction of sp³-hybridized carbons (Fsp3) is 0.941. The van der Waals surface area contributed by atoms with Crippen molar-refractivity contribution in [2.24, 2.45) is 22.7 Å². The zero-order valence-corrected chi connectivity index (χ0v) is 26.3. The number of nitrogens with one attached hydrogen (secondary N) is 3. The highest BCUT2D eigenvalue weighted by atomic mass is 16.5. The molecule has 0 aromatic heterocycles. The van der Waals surface area contributed by atoms with Gasteiger partial charge in [-0.05, 0) is 94.4 Å². The Kier molecular flexibility index (Phi) is 11.6. The van der Waals surface area contributed by atoms with Crippen molar-refractivity contribution in [3.05, 3.63) is 0 Å². The van der Waals surface area contributed by atoms with Crippen LogP contribution < -0.4 is 16.0 Å². The van der Waals surface area contributed by atoms with Crippen LogP contribution in [-0.4, -0.2) is 67.7 Å². The SMILES string of the molecule is CC1(C(=O)NC(CCOC2CC(CCC3CC4(CCCCCCCCC4)C4CCCNC4N3)C2)C(=O)O)CCOCC1. The average Bonchev–Trinajstić information content (AvgIpc) is 2.96.